The van der Waals surface area contributed by atoms with Crippen LogP contribution in [0.5, 0.6) is 11.5 Å². The Balaban J connectivity index is 1.58. The van der Waals surface area contributed by atoms with Gasteiger partial charge in [0.15, 0.2) is 0 Å². The van der Waals surface area contributed by atoms with E-state index in [1.54, 1.807) is 64.3 Å². The smallest absolute Gasteiger partial charge is 0.326 e. The van der Waals surface area contributed by atoms with Crippen LogP contribution in [0.4, 0.5) is 0 Å². The summed E-state index contributed by atoms with van der Waals surface area (Å²) >= 11 is 9.57. The maximum Gasteiger partial charge on any atom is 0.326 e. The van der Waals surface area contributed by atoms with Gasteiger partial charge in [-0.25, -0.2) is 4.79 Å². The lowest BCUT2D eigenvalue weighted by Gasteiger charge is -2.30. The van der Waals surface area contributed by atoms with Crippen molar-refractivity contribution in [2.75, 3.05) is 36.7 Å². The Hall–Kier alpha value is -14.5. The molecule has 0 aromatic heterocycles. The van der Waals surface area contributed by atoms with E-state index in [1.807, 2.05) is 0 Å². The number of phenols is 2. The Morgan fingerprint density at radius 2 is 0.658 bits per heavy atom. The van der Waals surface area contributed by atoms with E-state index in [0.29, 0.717) is 17.5 Å². The van der Waals surface area contributed by atoms with Crippen LogP contribution in [0.2, 0.25) is 0 Å². The molecule has 4 rings (SSSR count). The van der Waals surface area contributed by atoms with Crippen molar-refractivity contribution in [3.05, 3.63) is 95.6 Å². The summed E-state index contributed by atoms with van der Waals surface area (Å²) in [5, 5.41) is 117. The zero-order valence-corrected chi connectivity index (χ0v) is 85.9. The SMILES string of the molecule is CSCC[C@H](NC(=O)[C@H](CS)NC(=O)[C@H](CCC(=O)O)NC(=O)[C@H](C)NC(=O)[C@@H](N)Cc1ccc(O)cc1)C(=O)N[C@@H](CC(=O)O)C(=O)N[C@@H](CO)C(=O)N[C@@H](CC(C)C)C(=O)N[C@@H](CCC(=O)O)C(=O)N[C@@H](CCC(N)=O)C(=O)N[C@@H](CC(C)C)C(=O)N[C@@H](CC(=O)O)C(=O)N[C@@H](Cc1ccc(O)cc1)C(=O)N[C@@H](CC(N)=O)C(=O)N[C@@H](CS)C(=O)N[C@@H](Cc1ccccc1)C(=O)N[C@@H](CC(C)C)C(=O)N1CCC[C@H]1C(=O)O. The third kappa shape index (κ3) is 45.8. The summed E-state index contributed by atoms with van der Waals surface area (Å²) in [6.07, 6.45) is -7.59. The van der Waals surface area contributed by atoms with Crippen LogP contribution in [0.25, 0.3) is 0 Å². The monoisotopic (exact) mass is 2150 g/mol. The Labute approximate surface area is 872 Å². The number of hydrogen-bond donors (Lipinski definition) is 29. The number of hydrogen-bond acceptors (Lipinski definition) is 31. The number of aliphatic carboxylic acids is 5. The number of thioether (sulfide) groups is 1. The molecule has 3 aromatic rings. The largest absolute Gasteiger partial charge is 0.508 e. The standard InChI is InChI=1S/C94H136N20O32S3/c1-45(2)33-59(104-90(141)67(42-115)111-89(140)65(41-76(126)127)108-82(133)58(30-32-149-8)102-91(142)68(43-147)112-81(132)56(25-28-73(120)121)99-77(128)48(7)98-78(129)54(95)36-50-16-20-52(116)21-17-50)83(134)101-57(26-29-74(122)123)79(130)100-55(24-27-71(96)118)80(131)103-60(34-46(3)4)84(135)109-64(40-75(124)125)88(139)105-62(38-51-18-22-53(117)23-19-51)85(136)107-63(39-72(97)119)87(138)113-69(44-148)92(143)106-61(37-49-13-10-9-11-14-49)86(137)110-66(35-47(5)6)93(144)114-31-12-15-70(114)94(145)146/h9-11,13-14,16-23,45-48,54-70,115-117,147-148H,12,15,24-44,95H2,1-8H3,(H2,96,118)(H2,97,119)(H,98,129)(H,99,128)(H,100,130)(H,101,134)(H,102,142)(H,103,131)(H,104,141)(H,105,139)(H,106,143)(H,107,136)(H,108,133)(H,109,135)(H,110,137)(H,111,140)(H,112,132)(H,113,138)(H,120,121)(H,122,123)(H,124,125)(H,126,127)(H,145,146)/t48-,54-,55-,56-,57-,58-,59-,60-,61-,62-,63-,64-,65-,66-,67-,68-,69-,70-/m0/s1. The highest BCUT2D eigenvalue weighted by atomic mass is 32.2. The summed E-state index contributed by atoms with van der Waals surface area (Å²) in [4.78, 5) is 329. The first-order chi connectivity index (χ1) is 70.1. The molecule has 1 fully saturated rings. The topological polar surface area (TPSA) is 845 Å². The van der Waals surface area contributed by atoms with E-state index in [4.69, 9.17) is 17.2 Å². The average molecular weight is 2150 g/mol. The molecule has 1 aliphatic heterocycles. The minimum atomic E-state index is -2.21. The van der Waals surface area contributed by atoms with Crippen LogP contribution >= 0.6 is 37.0 Å². The average Bonchev–Trinajstić information content (AvgIpc) is 1.73. The second-order valence-electron chi connectivity index (χ2n) is 36.7. The number of likely N-dealkylation sites (tertiary alicyclic amines) is 1. The van der Waals surface area contributed by atoms with Crippen molar-refractivity contribution < 1.29 is 156 Å². The Morgan fingerprint density at radius 3 is 1.03 bits per heavy atom. The molecule has 55 heteroatoms. The van der Waals surface area contributed by atoms with E-state index in [-0.39, 0.29) is 80.2 Å². The van der Waals surface area contributed by atoms with E-state index in [1.165, 1.54) is 69.3 Å². The maximum atomic E-state index is 14.7. The van der Waals surface area contributed by atoms with Crippen molar-refractivity contribution in [1.82, 2.24) is 90.0 Å². The highest BCUT2D eigenvalue weighted by Crippen LogP contribution is 2.23. The molecule has 0 spiro atoms. The summed E-state index contributed by atoms with van der Waals surface area (Å²) in [7, 11) is 0. The number of nitrogens with zero attached hydrogens (tertiary/aromatic N) is 1. The zero-order valence-electron chi connectivity index (χ0n) is 83.3. The van der Waals surface area contributed by atoms with Gasteiger partial charge in [-0.3, -0.25) is 110 Å². The lowest BCUT2D eigenvalue weighted by molar-refractivity contribution is -0.149. The number of aromatic hydroxyl groups is 2. The number of benzene rings is 3. The van der Waals surface area contributed by atoms with Gasteiger partial charge in [-0.2, -0.15) is 37.0 Å². The molecule has 18 atom stereocenters. The van der Waals surface area contributed by atoms with Crippen molar-refractivity contribution in [3.63, 3.8) is 0 Å². The summed E-state index contributed by atoms with van der Waals surface area (Å²) in [5.74, 6) is -32.9. The molecule has 0 radical (unpaired) electrons. The number of carboxylic acids is 5. The minimum absolute atomic E-state index is 0.0225. The number of amides is 19. The van der Waals surface area contributed by atoms with Crippen LogP contribution in [0.1, 0.15) is 161 Å². The van der Waals surface area contributed by atoms with E-state index in [0.717, 1.165) is 16.7 Å². The normalized spacial score (nSPS) is 15.6. The van der Waals surface area contributed by atoms with Gasteiger partial charge in [-0.1, -0.05) is 96.1 Å². The van der Waals surface area contributed by atoms with E-state index in [2.05, 4.69) is 110 Å². The molecule has 0 aliphatic carbocycles. The number of aliphatic hydroxyl groups excluding tert-OH is 1. The van der Waals surface area contributed by atoms with E-state index >= 15 is 0 Å². The molecule has 0 bridgehead atoms. The van der Waals surface area contributed by atoms with Gasteiger partial charge in [0.1, 0.15) is 114 Å². The first-order valence-corrected chi connectivity index (χ1v) is 50.2. The number of nitrogens with one attached hydrogen (secondary N) is 16. The number of thiol groups is 2. The molecule has 1 saturated heterocycles. The molecule has 3 aromatic carbocycles. The Bertz CT molecular complexity index is 5190. The molecule has 1 aliphatic rings. The number of nitrogens with two attached hydrogens (primary N) is 3. The van der Waals surface area contributed by atoms with Gasteiger partial charge < -0.3 is 148 Å². The summed E-state index contributed by atoms with van der Waals surface area (Å²) in [6, 6.07) is -12.4. The van der Waals surface area contributed by atoms with Gasteiger partial charge in [0.05, 0.1) is 31.9 Å². The van der Waals surface area contributed by atoms with Crippen LogP contribution in [0, 0.1) is 17.8 Å². The quantitative estimate of drug-likeness (QED) is 0.0234. The molecule has 30 N–H and O–H groups in total. The van der Waals surface area contributed by atoms with Crippen molar-refractivity contribution in [1.29, 1.82) is 0 Å². The Morgan fingerprint density at radius 1 is 0.349 bits per heavy atom. The molecule has 1 heterocycles. The molecule has 0 unspecified atom stereocenters. The van der Waals surface area contributed by atoms with Crippen LogP contribution in [0.3, 0.4) is 0 Å². The summed E-state index contributed by atoms with van der Waals surface area (Å²) < 4.78 is 0. The van der Waals surface area contributed by atoms with Gasteiger partial charge in [-0.15, -0.1) is 0 Å². The van der Waals surface area contributed by atoms with Gasteiger partial charge >= 0.3 is 29.8 Å². The summed E-state index contributed by atoms with van der Waals surface area (Å²) in [6.45, 7) is 9.69. The van der Waals surface area contributed by atoms with E-state index < -0.39 is 345 Å². The fraction of sp³-hybridized carbons (Fsp3) is 0.553. The predicted octanol–water partition coefficient (Wildman–Crippen LogP) is -6.13. The third-order valence-corrected chi connectivity index (χ3v) is 24.2. The number of carbonyl (C=O) groups excluding carboxylic acids is 19. The highest BCUT2D eigenvalue weighted by Gasteiger charge is 2.43. The highest BCUT2D eigenvalue weighted by molar-refractivity contribution is 7.98. The maximum absolute atomic E-state index is 14.7. The van der Waals surface area contributed by atoms with Crippen LogP contribution in [-0.2, 0) is 134 Å². The van der Waals surface area contributed by atoms with E-state index in [9.17, 15) is 156 Å². The molecule has 19 amide bonds. The van der Waals surface area contributed by atoms with Gasteiger partial charge in [0.25, 0.3) is 0 Å². The van der Waals surface area contributed by atoms with Crippen molar-refractivity contribution >= 4 is 179 Å². The third-order valence-electron chi connectivity index (χ3n) is 22.9. The van der Waals surface area contributed by atoms with Crippen LogP contribution in [-0.4, -0.2) is 333 Å². The fourth-order valence-electron chi connectivity index (χ4n) is 15.1. The number of aliphatic hydroxyl groups is 1. The van der Waals surface area contributed by atoms with Crippen LogP contribution < -0.4 is 102 Å². The van der Waals surface area contributed by atoms with Gasteiger partial charge in [0, 0.05) is 50.2 Å². The lowest BCUT2D eigenvalue weighted by Crippen LogP contribution is -2.62. The number of carbonyl (C=O) groups is 24. The van der Waals surface area contributed by atoms with Crippen molar-refractivity contribution in [3.8, 4) is 11.5 Å². The molecular formula is C94H136N20O32S3. The minimum Gasteiger partial charge on any atom is -0.508 e. The molecule has 0 saturated carbocycles. The lowest BCUT2D eigenvalue weighted by atomic mass is 10.00. The number of rotatable bonds is 67. The first-order valence-electron chi connectivity index (χ1n) is 47.6. The van der Waals surface area contributed by atoms with Crippen LogP contribution in [0.15, 0.2) is 78.9 Å². The summed E-state index contributed by atoms with van der Waals surface area (Å²) in [5.41, 5.74) is 18.4. The molecule has 149 heavy (non-hydrogen) atoms. The number of carboxylic acid groups (broad SMARTS) is 5. The van der Waals surface area contributed by atoms with Crippen molar-refractivity contribution in [2.45, 2.75) is 273 Å². The second kappa shape index (κ2) is 63.9. The van der Waals surface area contributed by atoms with Gasteiger partial charge in [0.2, 0.25) is 112 Å². The van der Waals surface area contributed by atoms with Gasteiger partial charge in [-0.05, 0) is 142 Å². The Kier molecular flexibility index (Phi) is 54.4. The predicted molar refractivity (Wildman–Crippen MR) is 537 cm³/mol. The zero-order chi connectivity index (χ0) is 112. The fourth-order valence-corrected chi connectivity index (χ4v) is 16.1. The molecule has 822 valence electrons. The number of phenolic OH excluding ortho intramolecular Hbond substituents is 2. The first kappa shape index (κ1) is 127. The molecular weight excluding hydrogens is 2020 g/mol. The van der Waals surface area contributed by atoms with Crippen molar-refractivity contribution in [2.24, 2.45) is 35.0 Å². The number of primary amides is 2. The molecule has 52 nitrogen and oxygen atoms in total. The second-order valence-corrected chi connectivity index (χ2v) is 38.4.